The van der Waals surface area contributed by atoms with Gasteiger partial charge < -0.3 is 43.4 Å². The number of methoxy groups -OCH3 is 5. The molecule has 7 rings (SSSR count). The minimum absolute atomic E-state index is 0.179. The van der Waals surface area contributed by atoms with Gasteiger partial charge in [-0.3, -0.25) is 9.69 Å². The molecule has 7 bridgehead atoms. The summed E-state index contributed by atoms with van der Waals surface area (Å²) >= 11 is 0. The number of carbonyl (C=O) groups is 2. The molecule has 1 heterocycles. The highest BCUT2D eigenvalue weighted by molar-refractivity contribution is 5.89. The molecule has 12 heteroatoms. The smallest absolute Gasteiger partial charge is 0.338 e. The van der Waals surface area contributed by atoms with Crippen LogP contribution in [0.3, 0.4) is 0 Å². The second-order valence-corrected chi connectivity index (χ2v) is 14.7. The zero-order valence-corrected chi connectivity index (χ0v) is 28.3. The van der Waals surface area contributed by atoms with Crippen LogP contribution >= 0.6 is 0 Å². The number of aliphatic hydroxyl groups excluding tert-OH is 1. The van der Waals surface area contributed by atoms with Gasteiger partial charge >= 0.3 is 11.9 Å². The maximum atomic E-state index is 13.9. The van der Waals surface area contributed by atoms with Gasteiger partial charge in [0, 0.05) is 89.4 Å². The maximum absolute atomic E-state index is 13.9. The Bertz CT molecular complexity index is 1390. The number of esters is 2. The minimum atomic E-state index is -1.58. The van der Waals surface area contributed by atoms with Crippen LogP contribution < -0.4 is 4.74 Å². The number of piperidine rings is 1. The van der Waals surface area contributed by atoms with E-state index in [1.54, 1.807) is 52.7 Å². The van der Waals surface area contributed by atoms with Crippen molar-refractivity contribution in [3.05, 3.63) is 29.8 Å². The molecule has 14 atom stereocenters. The molecule has 1 spiro atoms. The van der Waals surface area contributed by atoms with Crippen LogP contribution in [0.5, 0.6) is 5.75 Å². The number of hydrogen-bond acceptors (Lipinski definition) is 12. The molecule has 0 aromatic heterocycles. The molecule has 1 unspecified atom stereocenters. The van der Waals surface area contributed by atoms with Crippen molar-refractivity contribution in [1.82, 2.24) is 4.90 Å². The van der Waals surface area contributed by atoms with E-state index in [9.17, 15) is 19.8 Å². The largest absolute Gasteiger partial charge is 0.497 e. The average Bonchev–Trinajstić information content (AvgIpc) is 3.43. The van der Waals surface area contributed by atoms with Crippen molar-refractivity contribution >= 4 is 11.9 Å². The Labute approximate surface area is 275 Å². The summed E-state index contributed by atoms with van der Waals surface area (Å²) in [5, 5.41) is 24.8. The van der Waals surface area contributed by atoms with Gasteiger partial charge in [-0.05, 0) is 43.1 Å². The second-order valence-electron chi connectivity index (χ2n) is 14.7. The summed E-state index contributed by atoms with van der Waals surface area (Å²) in [6, 6.07) is 6.44. The first-order valence-electron chi connectivity index (χ1n) is 16.7. The van der Waals surface area contributed by atoms with Gasteiger partial charge in [-0.2, -0.15) is 0 Å². The Morgan fingerprint density at radius 1 is 0.979 bits per heavy atom. The summed E-state index contributed by atoms with van der Waals surface area (Å²) in [4.78, 5) is 29.5. The summed E-state index contributed by atoms with van der Waals surface area (Å²) in [6.07, 6.45) is -2.70. The number of likely N-dealkylation sites (tertiary alicyclic amines) is 1. The van der Waals surface area contributed by atoms with Gasteiger partial charge in [0.2, 0.25) is 0 Å². The zero-order valence-electron chi connectivity index (χ0n) is 28.3. The first-order chi connectivity index (χ1) is 22.5. The van der Waals surface area contributed by atoms with Crippen LogP contribution in [-0.4, -0.2) is 130 Å². The second kappa shape index (κ2) is 11.4. The number of nitrogens with zero attached hydrogens (tertiary/aromatic N) is 1. The highest BCUT2D eigenvalue weighted by Gasteiger charge is 2.90. The Hall–Kier alpha value is -2.32. The normalized spacial score (nSPS) is 47.4. The number of fused-ring (bicyclic) bond motifs is 2. The topological polar surface area (TPSA) is 142 Å². The van der Waals surface area contributed by atoms with E-state index in [1.165, 1.54) is 14.0 Å². The predicted octanol–water partition coefficient (Wildman–Crippen LogP) is 1.69. The number of benzene rings is 1. The molecule has 0 amide bonds. The number of hydrogen-bond donors (Lipinski definition) is 2. The van der Waals surface area contributed by atoms with Crippen molar-refractivity contribution in [3.8, 4) is 5.75 Å². The molecule has 2 N–H and O–H groups in total. The first-order valence-corrected chi connectivity index (χ1v) is 16.7. The Morgan fingerprint density at radius 3 is 2.26 bits per heavy atom. The van der Waals surface area contributed by atoms with Gasteiger partial charge in [0.1, 0.15) is 23.1 Å². The van der Waals surface area contributed by atoms with Gasteiger partial charge in [0.05, 0.1) is 43.7 Å². The predicted molar refractivity (Wildman–Crippen MR) is 166 cm³/mol. The Morgan fingerprint density at radius 2 is 1.68 bits per heavy atom. The number of ether oxygens (including phenoxy) is 7. The quantitative estimate of drug-likeness (QED) is 0.353. The highest BCUT2D eigenvalue weighted by Crippen LogP contribution is 2.80. The summed E-state index contributed by atoms with van der Waals surface area (Å²) in [6.45, 7) is 5.04. The molecule has 47 heavy (non-hydrogen) atoms. The Balaban J connectivity index is 1.47. The highest BCUT2D eigenvalue weighted by atomic mass is 16.6. The van der Waals surface area contributed by atoms with E-state index in [4.69, 9.17) is 33.2 Å². The van der Waals surface area contributed by atoms with Crippen molar-refractivity contribution < 1.29 is 53.0 Å². The van der Waals surface area contributed by atoms with Crippen LogP contribution in [0.1, 0.15) is 43.5 Å². The Kier molecular flexibility index (Phi) is 8.02. The van der Waals surface area contributed by atoms with E-state index in [0.29, 0.717) is 37.4 Å². The van der Waals surface area contributed by atoms with Crippen LogP contribution in [0, 0.1) is 34.5 Å². The number of rotatable bonds is 10. The van der Waals surface area contributed by atoms with Crippen molar-refractivity contribution in [1.29, 1.82) is 0 Å². The van der Waals surface area contributed by atoms with E-state index in [-0.39, 0.29) is 30.7 Å². The van der Waals surface area contributed by atoms with Crippen molar-refractivity contribution in [2.75, 3.05) is 55.2 Å². The van der Waals surface area contributed by atoms with Gasteiger partial charge in [-0.15, -0.1) is 0 Å². The molecule has 1 aromatic rings. The molecule has 1 aromatic carbocycles. The summed E-state index contributed by atoms with van der Waals surface area (Å²) in [5.74, 6) is -2.10. The zero-order chi connectivity index (χ0) is 33.7. The van der Waals surface area contributed by atoms with Crippen LogP contribution in [0.2, 0.25) is 0 Å². The maximum Gasteiger partial charge on any atom is 0.338 e. The first kappa shape index (κ1) is 33.2. The summed E-state index contributed by atoms with van der Waals surface area (Å²) in [7, 11) is 8.11. The van der Waals surface area contributed by atoms with Crippen LogP contribution in [0.15, 0.2) is 24.3 Å². The molecule has 6 aliphatic rings. The van der Waals surface area contributed by atoms with E-state index >= 15 is 0 Å². The fourth-order valence-corrected chi connectivity index (χ4v) is 12.4. The third kappa shape index (κ3) is 4.00. The lowest BCUT2D eigenvalue weighted by Crippen LogP contribution is -2.79. The molecule has 6 fully saturated rings. The molecule has 260 valence electrons. The van der Waals surface area contributed by atoms with Crippen molar-refractivity contribution in [3.63, 3.8) is 0 Å². The van der Waals surface area contributed by atoms with E-state index in [2.05, 4.69) is 11.8 Å². The molecule has 1 aliphatic heterocycles. The molecule has 1 saturated heterocycles. The van der Waals surface area contributed by atoms with Crippen LogP contribution in [0.4, 0.5) is 0 Å². The molecule has 5 saturated carbocycles. The SMILES string of the molecule is CCN1C[C@]2(COC)C(O)C[C@H](OC)[C@@]34[C@@H]5C[C@@]6(O)[C@@H](OC)C[C@@](OC(C)=O)([C@H]5[C@H]6OC(=O)c5ccc(OC)cc5)[C@@H]([C@H](OC)[C@H]23)[C@@H]14. The standard InChI is InChI=1S/C35H49NO11/c1-8-36-16-32(17-41-3)22(38)13-23(43-5)35-21-14-33(40)24(44-6)15-34(47-18(2)37,26(29(35)36)27(45-7)28(32)35)25(21)30(33)46-31(39)19-9-11-20(42-4)12-10-19/h9-12,21-30,38,40H,8,13-17H2,1-7H3/t21-,22?,23+,24+,25-,26+,27+,28-,29-,30-,32+,33-,34-,35+/m1/s1. The summed E-state index contributed by atoms with van der Waals surface area (Å²) < 4.78 is 43.2. The van der Waals surface area contributed by atoms with E-state index in [1.807, 2.05) is 0 Å². The van der Waals surface area contributed by atoms with Crippen molar-refractivity contribution in [2.24, 2.45) is 34.5 Å². The number of aliphatic hydroxyl groups is 2. The third-order valence-electron chi connectivity index (χ3n) is 13.4. The summed E-state index contributed by atoms with van der Waals surface area (Å²) in [5.41, 5.74) is -3.89. The lowest BCUT2D eigenvalue weighted by molar-refractivity contribution is -0.300. The van der Waals surface area contributed by atoms with E-state index < -0.39 is 76.3 Å². The van der Waals surface area contributed by atoms with Gasteiger partial charge in [-0.25, -0.2) is 4.79 Å². The lowest BCUT2D eigenvalue weighted by atomic mass is 9.42. The molecular weight excluding hydrogens is 610 g/mol. The molecular formula is C35H49NO11. The van der Waals surface area contributed by atoms with Gasteiger partial charge in [0.25, 0.3) is 0 Å². The monoisotopic (exact) mass is 659 g/mol. The average molecular weight is 660 g/mol. The fraction of sp³-hybridized carbons (Fsp3) is 0.771. The van der Waals surface area contributed by atoms with Crippen LogP contribution in [0.25, 0.3) is 0 Å². The van der Waals surface area contributed by atoms with E-state index in [0.717, 1.165) is 0 Å². The van der Waals surface area contributed by atoms with Gasteiger partial charge in [-0.1, -0.05) is 6.92 Å². The third-order valence-corrected chi connectivity index (χ3v) is 13.4. The van der Waals surface area contributed by atoms with Crippen LogP contribution in [-0.2, 0) is 33.2 Å². The molecule has 5 aliphatic carbocycles. The fourth-order valence-electron chi connectivity index (χ4n) is 12.4. The number of carbonyl (C=O) groups excluding carboxylic acids is 2. The minimum Gasteiger partial charge on any atom is -0.497 e. The lowest BCUT2D eigenvalue weighted by Gasteiger charge is -2.70. The van der Waals surface area contributed by atoms with Crippen molar-refractivity contribution in [2.45, 2.75) is 80.9 Å². The molecule has 12 nitrogen and oxygen atoms in total. The van der Waals surface area contributed by atoms with Gasteiger partial charge in [0.15, 0.2) is 0 Å². The molecule has 0 radical (unpaired) electrons.